The van der Waals surface area contributed by atoms with Gasteiger partial charge < -0.3 is 10.2 Å². The van der Waals surface area contributed by atoms with Crippen molar-refractivity contribution >= 4 is 55.8 Å². The van der Waals surface area contributed by atoms with Crippen molar-refractivity contribution in [3.05, 3.63) is 52.5 Å². The zero-order valence-electron chi connectivity index (χ0n) is 13.6. The quantitative estimate of drug-likeness (QED) is 0.803. The molecule has 10 heteroatoms. The van der Waals surface area contributed by atoms with Crippen molar-refractivity contribution in [2.75, 3.05) is 22.5 Å². The first-order valence-electron chi connectivity index (χ1n) is 7.79. The fourth-order valence-corrected chi connectivity index (χ4v) is 5.28. The number of nitriles is 1. The number of nitrogens with one attached hydrogen (secondary N) is 1. The lowest BCUT2D eigenvalue weighted by atomic mass is 10.1. The van der Waals surface area contributed by atoms with Crippen LogP contribution in [-0.2, 0) is 10.0 Å². The van der Waals surface area contributed by atoms with E-state index in [4.69, 9.17) is 16.9 Å². The zero-order chi connectivity index (χ0) is 19.2. The lowest BCUT2D eigenvalue weighted by Crippen LogP contribution is -2.35. The second kappa shape index (κ2) is 6.56. The van der Waals surface area contributed by atoms with Crippen LogP contribution in [0.15, 0.2) is 45.7 Å². The molecule has 1 N–H and O–H groups in total. The van der Waals surface area contributed by atoms with Crippen molar-refractivity contribution in [3.8, 4) is 6.07 Å². The van der Waals surface area contributed by atoms with Gasteiger partial charge in [-0.3, -0.25) is 4.79 Å². The third-order valence-electron chi connectivity index (χ3n) is 4.08. The monoisotopic (exact) mass is 418 g/mol. The molecule has 2 aliphatic heterocycles. The molecule has 2 aromatic carbocycles. The molecular weight excluding hydrogens is 408 g/mol. The van der Waals surface area contributed by atoms with Gasteiger partial charge in [0.1, 0.15) is 6.07 Å². The fraction of sp³-hybridized carbons (Fsp3) is 0.118. The van der Waals surface area contributed by atoms with Crippen molar-refractivity contribution < 1.29 is 13.2 Å². The highest BCUT2D eigenvalue weighted by molar-refractivity contribution is 8.15. The lowest BCUT2D eigenvalue weighted by molar-refractivity contribution is 0.102. The smallest absolute Gasteiger partial charge is 0.257 e. The summed E-state index contributed by atoms with van der Waals surface area (Å²) in [4.78, 5) is 15.1. The maximum atomic E-state index is 12.5. The number of carbonyl (C=O) groups excluding carboxylic acids is 1. The highest BCUT2D eigenvalue weighted by Gasteiger charge is 2.33. The van der Waals surface area contributed by atoms with E-state index >= 15 is 0 Å². The number of hydrogen-bond acceptors (Lipinski definition) is 6. The van der Waals surface area contributed by atoms with Crippen LogP contribution in [0.2, 0.25) is 5.02 Å². The summed E-state index contributed by atoms with van der Waals surface area (Å²) in [5, 5.41) is 12.3. The molecule has 0 aliphatic carbocycles. The van der Waals surface area contributed by atoms with E-state index in [1.165, 1.54) is 23.9 Å². The molecule has 0 aromatic heterocycles. The number of anilines is 2. The Morgan fingerprint density at radius 2 is 2.11 bits per heavy atom. The summed E-state index contributed by atoms with van der Waals surface area (Å²) in [6.07, 6.45) is 0. The zero-order valence-corrected chi connectivity index (χ0v) is 16.0. The lowest BCUT2D eigenvalue weighted by Gasteiger charge is -2.22. The molecule has 0 bridgehead atoms. The first-order chi connectivity index (χ1) is 12.9. The second-order valence-electron chi connectivity index (χ2n) is 5.86. The first kappa shape index (κ1) is 17.9. The van der Waals surface area contributed by atoms with E-state index < -0.39 is 10.0 Å². The summed E-state index contributed by atoms with van der Waals surface area (Å²) in [5.74, 6) is -0.364. The number of carbonyl (C=O) groups is 1. The van der Waals surface area contributed by atoms with Gasteiger partial charge in [0.05, 0.1) is 22.0 Å². The fourth-order valence-electron chi connectivity index (χ4n) is 2.76. The van der Waals surface area contributed by atoms with Gasteiger partial charge >= 0.3 is 0 Å². The first-order valence-corrected chi connectivity index (χ1v) is 10.6. The number of nitrogens with zero attached hydrogens (tertiary/aromatic N) is 3. The molecule has 0 spiro atoms. The number of amides is 1. The SMILES string of the molecule is N#Cc1ccc(NC(=O)c2ccc3c(c2)SC2=NS(=O)(=O)CCN23)cc1Cl. The minimum Gasteiger partial charge on any atom is -0.322 e. The van der Waals surface area contributed by atoms with Gasteiger partial charge in [0.15, 0.2) is 5.17 Å². The standard InChI is InChI=1S/C17H11ClN4O3S2/c18-13-8-12(3-1-11(13)9-19)20-16(23)10-2-4-14-15(7-10)26-17-21-27(24,25)6-5-22(14)17/h1-4,7-8H,5-6H2,(H,20,23). The van der Waals surface area contributed by atoms with E-state index in [2.05, 4.69) is 9.71 Å². The summed E-state index contributed by atoms with van der Waals surface area (Å²) < 4.78 is 27.1. The Morgan fingerprint density at radius 1 is 1.30 bits per heavy atom. The van der Waals surface area contributed by atoms with E-state index in [-0.39, 0.29) is 16.7 Å². The van der Waals surface area contributed by atoms with Gasteiger partial charge in [-0.05, 0) is 48.2 Å². The second-order valence-corrected chi connectivity index (χ2v) is 9.03. The van der Waals surface area contributed by atoms with Crippen LogP contribution in [-0.4, -0.2) is 31.8 Å². The summed E-state index contributed by atoms with van der Waals surface area (Å²) in [6, 6.07) is 11.8. The Labute approximate surface area is 164 Å². The molecule has 2 aliphatic rings. The number of fused-ring (bicyclic) bond motifs is 3. The van der Waals surface area contributed by atoms with Gasteiger partial charge in [-0.1, -0.05) is 11.6 Å². The molecule has 7 nitrogen and oxygen atoms in total. The summed E-state index contributed by atoms with van der Waals surface area (Å²) in [7, 11) is -3.42. The average molecular weight is 419 g/mol. The Balaban J connectivity index is 1.58. The van der Waals surface area contributed by atoms with Crippen molar-refractivity contribution in [2.24, 2.45) is 4.40 Å². The van der Waals surface area contributed by atoms with Gasteiger partial charge in [-0.15, -0.1) is 4.40 Å². The van der Waals surface area contributed by atoms with Crippen LogP contribution in [0.5, 0.6) is 0 Å². The Morgan fingerprint density at radius 3 is 2.85 bits per heavy atom. The molecule has 0 atom stereocenters. The Kier molecular flexibility index (Phi) is 4.34. The van der Waals surface area contributed by atoms with Gasteiger partial charge in [0.25, 0.3) is 15.9 Å². The van der Waals surface area contributed by atoms with Gasteiger partial charge in [-0.2, -0.15) is 5.26 Å². The van der Waals surface area contributed by atoms with E-state index in [0.717, 1.165) is 10.6 Å². The van der Waals surface area contributed by atoms with E-state index in [0.29, 0.717) is 28.5 Å². The minimum absolute atomic E-state index is 0.0296. The molecule has 1 amide bonds. The number of sulfonamides is 1. The third-order valence-corrected chi connectivity index (χ3v) is 6.70. The van der Waals surface area contributed by atoms with Crippen LogP contribution in [0, 0.1) is 11.3 Å². The number of hydrogen-bond donors (Lipinski definition) is 1. The molecule has 0 fully saturated rings. The van der Waals surface area contributed by atoms with E-state index in [9.17, 15) is 13.2 Å². The maximum absolute atomic E-state index is 12.5. The van der Waals surface area contributed by atoms with Crippen molar-refractivity contribution in [2.45, 2.75) is 4.90 Å². The van der Waals surface area contributed by atoms with Gasteiger partial charge in [-0.25, -0.2) is 8.42 Å². The normalized spacial score (nSPS) is 16.7. The van der Waals surface area contributed by atoms with Crippen LogP contribution >= 0.6 is 23.4 Å². The van der Waals surface area contributed by atoms with Crippen LogP contribution < -0.4 is 10.2 Å². The van der Waals surface area contributed by atoms with Gasteiger partial charge in [0, 0.05) is 22.7 Å². The summed E-state index contributed by atoms with van der Waals surface area (Å²) in [6.45, 7) is 0.344. The van der Waals surface area contributed by atoms with Gasteiger partial charge in [0.2, 0.25) is 0 Å². The Bertz CT molecular complexity index is 1160. The van der Waals surface area contributed by atoms with Crippen LogP contribution in [0.4, 0.5) is 11.4 Å². The predicted octanol–water partition coefficient (Wildman–Crippen LogP) is 3.08. The molecule has 2 aromatic rings. The van der Waals surface area contributed by atoms with Crippen LogP contribution in [0.3, 0.4) is 0 Å². The molecule has 0 radical (unpaired) electrons. The van der Waals surface area contributed by atoms with Crippen molar-refractivity contribution in [3.63, 3.8) is 0 Å². The molecular formula is C17H11ClN4O3S2. The predicted molar refractivity (Wildman–Crippen MR) is 105 cm³/mol. The molecule has 0 saturated heterocycles. The minimum atomic E-state index is -3.42. The number of thioether (sulfide) groups is 1. The number of benzene rings is 2. The summed E-state index contributed by atoms with van der Waals surface area (Å²) in [5.41, 5.74) is 2.07. The number of rotatable bonds is 2. The molecule has 0 unspecified atom stereocenters. The molecule has 27 heavy (non-hydrogen) atoms. The highest BCUT2D eigenvalue weighted by Crippen LogP contribution is 2.42. The molecule has 2 heterocycles. The van der Waals surface area contributed by atoms with E-state index in [1.807, 2.05) is 11.0 Å². The van der Waals surface area contributed by atoms with Crippen molar-refractivity contribution in [1.29, 1.82) is 5.26 Å². The van der Waals surface area contributed by atoms with E-state index in [1.54, 1.807) is 24.3 Å². The largest absolute Gasteiger partial charge is 0.322 e. The molecule has 4 rings (SSSR count). The maximum Gasteiger partial charge on any atom is 0.257 e. The number of halogens is 1. The average Bonchev–Trinajstić information content (AvgIpc) is 2.96. The van der Waals surface area contributed by atoms with Crippen molar-refractivity contribution in [1.82, 2.24) is 0 Å². The highest BCUT2D eigenvalue weighted by atomic mass is 35.5. The molecule has 136 valence electrons. The van der Waals surface area contributed by atoms with Crippen LogP contribution in [0.25, 0.3) is 0 Å². The topological polar surface area (TPSA) is 103 Å². The Hall–Kier alpha value is -2.54. The molecule has 0 saturated carbocycles. The van der Waals surface area contributed by atoms with Crippen LogP contribution in [0.1, 0.15) is 15.9 Å². The third kappa shape index (κ3) is 3.39. The summed E-state index contributed by atoms with van der Waals surface area (Å²) >= 11 is 7.21. The number of amidine groups is 1.